The number of alkyl carbamates (subject to hydrolysis) is 1. The maximum Gasteiger partial charge on any atom is 0.408 e. The van der Waals surface area contributed by atoms with Crippen LogP contribution < -0.4 is 5.32 Å². The minimum absolute atomic E-state index is 0.00589. The molecule has 2 aromatic carbocycles. The highest BCUT2D eigenvalue weighted by Gasteiger charge is 2.29. The van der Waals surface area contributed by atoms with Crippen LogP contribution in [0.1, 0.15) is 37.3 Å². The molecule has 0 aliphatic rings. The van der Waals surface area contributed by atoms with Gasteiger partial charge in [0.15, 0.2) is 5.58 Å². The molecule has 0 aliphatic heterocycles. The largest absolute Gasteiger partial charge is 0.436 e. The van der Waals surface area contributed by atoms with Crippen LogP contribution in [0.4, 0.5) is 9.18 Å². The monoisotopic (exact) mass is 376 g/mol. The highest BCUT2D eigenvalue weighted by molar-refractivity contribution is 6.31. The Morgan fingerprint density at radius 1 is 1.31 bits per heavy atom. The van der Waals surface area contributed by atoms with Gasteiger partial charge in [-0.15, -0.1) is 0 Å². The van der Waals surface area contributed by atoms with Crippen LogP contribution in [0, 0.1) is 5.82 Å². The molecule has 1 N–H and O–H groups in total. The third-order valence-corrected chi connectivity index (χ3v) is 4.15. The number of halogens is 2. The molecule has 0 aliphatic carbocycles. The average Bonchev–Trinajstić information content (AvgIpc) is 3.05. The predicted octanol–water partition coefficient (Wildman–Crippen LogP) is 5.24. The molecular weight excluding hydrogens is 359 g/mol. The van der Waals surface area contributed by atoms with Crippen molar-refractivity contribution in [1.82, 2.24) is 10.3 Å². The van der Waals surface area contributed by atoms with E-state index >= 15 is 0 Å². The first-order chi connectivity index (χ1) is 12.6. The van der Waals surface area contributed by atoms with Gasteiger partial charge in [0.05, 0.1) is 10.6 Å². The maximum atomic E-state index is 14.4. The molecule has 7 heteroatoms. The highest BCUT2D eigenvalue weighted by atomic mass is 35.5. The molecule has 3 aromatic rings. The van der Waals surface area contributed by atoms with E-state index < -0.39 is 18.0 Å². The number of aromatic nitrogens is 1. The summed E-state index contributed by atoms with van der Waals surface area (Å²) in [6.45, 7) is 2.47. The van der Waals surface area contributed by atoms with E-state index in [-0.39, 0.29) is 16.5 Å². The number of para-hydroxylation sites is 2. The Morgan fingerprint density at radius 3 is 2.85 bits per heavy atom. The van der Waals surface area contributed by atoms with Gasteiger partial charge in [-0.3, -0.25) is 0 Å². The number of nitrogens with zero attached hydrogens (tertiary/aromatic N) is 1. The number of hydrogen-bond acceptors (Lipinski definition) is 4. The molecule has 1 aromatic heterocycles. The van der Waals surface area contributed by atoms with Gasteiger partial charge in [0.25, 0.3) is 0 Å². The molecule has 0 radical (unpaired) electrons. The normalized spacial score (nSPS) is 12.1. The topological polar surface area (TPSA) is 64.4 Å². The minimum Gasteiger partial charge on any atom is -0.436 e. The summed E-state index contributed by atoms with van der Waals surface area (Å²) in [7, 11) is 0. The SMILES string of the molecule is CCCCNC(=O)OC(c1nc2ccccc2o1)c1c(F)cccc1Cl. The number of amides is 1. The van der Waals surface area contributed by atoms with Crippen molar-refractivity contribution in [1.29, 1.82) is 0 Å². The van der Waals surface area contributed by atoms with Gasteiger partial charge >= 0.3 is 6.09 Å². The Kier molecular flexibility index (Phi) is 5.73. The van der Waals surface area contributed by atoms with E-state index in [0.29, 0.717) is 17.6 Å². The van der Waals surface area contributed by atoms with Gasteiger partial charge in [0.2, 0.25) is 12.0 Å². The lowest BCUT2D eigenvalue weighted by molar-refractivity contribution is 0.102. The fourth-order valence-corrected chi connectivity index (χ4v) is 2.77. The van der Waals surface area contributed by atoms with Crippen LogP contribution in [0.3, 0.4) is 0 Å². The fraction of sp³-hybridized carbons (Fsp3) is 0.263. The lowest BCUT2D eigenvalue weighted by Gasteiger charge is -2.17. The molecule has 136 valence electrons. The van der Waals surface area contributed by atoms with E-state index in [1.54, 1.807) is 24.3 Å². The van der Waals surface area contributed by atoms with Crippen LogP contribution in [0.2, 0.25) is 5.02 Å². The van der Waals surface area contributed by atoms with E-state index in [1.165, 1.54) is 18.2 Å². The van der Waals surface area contributed by atoms with Crippen molar-refractivity contribution < 1.29 is 18.3 Å². The Balaban J connectivity index is 1.97. The third-order valence-electron chi connectivity index (χ3n) is 3.82. The molecule has 0 bridgehead atoms. The number of carbonyl (C=O) groups is 1. The quantitative estimate of drug-likeness (QED) is 0.598. The van der Waals surface area contributed by atoms with Gasteiger partial charge in [-0.25, -0.2) is 14.2 Å². The maximum absolute atomic E-state index is 14.4. The van der Waals surface area contributed by atoms with Crippen LogP contribution in [-0.2, 0) is 4.74 Å². The number of ether oxygens (including phenoxy) is 1. The van der Waals surface area contributed by atoms with E-state index in [1.807, 2.05) is 6.92 Å². The van der Waals surface area contributed by atoms with Gasteiger partial charge in [0.1, 0.15) is 11.3 Å². The van der Waals surface area contributed by atoms with Crippen LogP contribution in [0.5, 0.6) is 0 Å². The Labute approximate surface area is 155 Å². The smallest absolute Gasteiger partial charge is 0.408 e. The molecule has 0 spiro atoms. The van der Waals surface area contributed by atoms with E-state index in [2.05, 4.69) is 10.3 Å². The summed E-state index contributed by atoms with van der Waals surface area (Å²) in [5, 5.41) is 2.75. The van der Waals surface area contributed by atoms with Crippen LogP contribution in [-0.4, -0.2) is 17.6 Å². The molecule has 0 saturated carbocycles. The zero-order valence-electron chi connectivity index (χ0n) is 14.2. The second kappa shape index (κ2) is 8.19. The minimum atomic E-state index is -1.20. The Hall–Kier alpha value is -2.60. The zero-order valence-corrected chi connectivity index (χ0v) is 14.9. The molecule has 3 rings (SSSR count). The van der Waals surface area contributed by atoms with Crippen molar-refractivity contribution in [3.8, 4) is 0 Å². The van der Waals surface area contributed by atoms with Gasteiger partial charge < -0.3 is 14.5 Å². The Morgan fingerprint density at radius 2 is 2.12 bits per heavy atom. The first-order valence-electron chi connectivity index (χ1n) is 8.34. The highest BCUT2D eigenvalue weighted by Crippen LogP contribution is 2.34. The number of benzene rings is 2. The molecule has 1 atom stereocenters. The molecule has 1 amide bonds. The van der Waals surface area contributed by atoms with Crippen molar-refractivity contribution in [2.24, 2.45) is 0 Å². The summed E-state index contributed by atoms with van der Waals surface area (Å²) in [5.41, 5.74) is 1.09. The molecule has 1 heterocycles. The van der Waals surface area contributed by atoms with Crippen molar-refractivity contribution in [3.05, 3.63) is 64.8 Å². The third kappa shape index (κ3) is 3.96. The van der Waals surface area contributed by atoms with Crippen molar-refractivity contribution in [3.63, 3.8) is 0 Å². The number of rotatable bonds is 6. The summed E-state index contributed by atoms with van der Waals surface area (Å²) in [4.78, 5) is 16.5. The van der Waals surface area contributed by atoms with Gasteiger partial charge in [-0.2, -0.15) is 0 Å². The van der Waals surface area contributed by atoms with E-state index in [9.17, 15) is 9.18 Å². The lowest BCUT2D eigenvalue weighted by Crippen LogP contribution is -2.27. The molecule has 0 saturated heterocycles. The standard InChI is InChI=1S/C19H18ClFN2O3/c1-2-3-11-22-19(24)26-17(16-12(20)7-6-8-13(16)21)18-23-14-9-4-5-10-15(14)25-18/h4-10,17H,2-3,11H2,1H3,(H,22,24). The first kappa shape index (κ1) is 18.2. The summed E-state index contributed by atoms with van der Waals surface area (Å²) in [5.74, 6) is -0.546. The lowest BCUT2D eigenvalue weighted by atomic mass is 10.1. The number of hydrogen-bond donors (Lipinski definition) is 1. The van der Waals surface area contributed by atoms with Crippen molar-refractivity contribution in [2.45, 2.75) is 25.9 Å². The van der Waals surface area contributed by atoms with Gasteiger partial charge in [-0.05, 0) is 30.7 Å². The second-order valence-electron chi connectivity index (χ2n) is 5.72. The summed E-state index contributed by atoms with van der Waals surface area (Å²) in [6.07, 6.45) is -0.153. The number of oxazole rings is 1. The number of nitrogens with one attached hydrogen (secondary N) is 1. The van der Waals surface area contributed by atoms with Crippen molar-refractivity contribution >= 4 is 28.8 Å². The molecular formula is C19H18ClFN2O3. The van der Waals surface area contributed by atoms with Crippen LogP contribution in [0.25, 0.3) is 11.1 Å². The molecule has 26 heavy (non-hydrogen) atoms. The average molecular weight is 377 g/mol. The molecule has 0 fully saturated rings. The summed E-state index contributed by atoms with van der Waals surface area (Å²) >= 11 is 6.16. The van der Waals surface area contributed by atoms with Crippen LogP contribution in [0.15, 0.2) is 46.9 Å². The first-order valence-corrected chi connectivity index (χ1v) is 8.71. The fourth-order valence-electron chi connectivity index (χ4n) is 2.51. The zero-order chi connectivity index (χ0) is 18.5. The summed E-state index contributed by atoms with van der Waals surface area (Å²) < 4.78 is 25.5. The Bertz CT molecular complexity index is 859. The van der Waals surface area contributed by atoms with E-state index in [0.717, 1.165) is 12.8 Å². The van der Waals surface area contributed by atoms with E-state index in [4.69, 9.17) is 20.8 Å². The van der Waals surface area contributed by atoms with Gasteiger partial charge in [-0.1, -0.05) is 43.1 Å². The molecule has 5 nitrogen and oxygen atoms in total. The predicted molar refractivity (Wildman–Crippen MR) is 96.7 cm³/mol. The molecule has 1 unspecified atom stereocenters. The number of unbranched alkanes of at least 4 members (excludes halogenated alkanes) is 1. The van der Waals surface area contributed by atoms with Crippen molar-refractivity contribution in [2.75, 3.05) is 6.54 Å². The van der Waals surface area contributed by atoms with Crippen LogP contribution >= 0.6 is 11.6 Å². The summed E-state index contributed by atoms with van der Waals surface area (Å²) in [6, 6.07) is 11.3. The van der Waals surface area contributed by atoms with Gasteiger partial charge in [0, 0.05) is 6.54 Å². The number of carbonyl (C=O) groups excluding carboxylic acids is 1. The second-order valence-corrected chi connectivity index (χ2v) is 6.13. The number of fused-ring (bicyclic) bond motifs is 1.